The van der Waals surface area contributed by atoms with E-state index in [0.717, 1.165) is 38.8 Å². The molecule has 1 aliphatic carbocycles. The maximum atomic E-state index is 12.7. The smallest absolute Gasteiger partial charge is 0.228 e. The summed E-state index contributed by atoms with van der Waals surface area (Å²) in [4.78, 5) is 14.8. The molecule has 2 aliphatic rings. The summed E-state index contributed by atoms with van der Waals surface area (Å²) in [6.45, 7) is 4.07. The Morgan fingerprint density at radius 1 is 1.35 bits per heavy atom. The molecule has 1 atom stereocenters. The number of nitrogens with one attached hydrogen (secondary N) is 1. The van der Waals surface area contributed by atoms with Crippen molar-refractivity contribution in [2.45, 2.75) is 57.9 Å². The van der Waals surface area contributed by atoms with E-state index >= 15 is 0 Å². The van der Waals surface area contributed by atoms with E-state index < -0.39 is 0 Å². The first-order valence-corrected chi connectivity index (χ1v) is 7.18. The third kappa shape index (κ3) is 2.49. The van der Waals surface area contributed by atoms with Gasteiger partial charge in [0, 0.05) is 24.5 Å². The van der Waals surface area contributed by atoms with Crippen molar-refractivity contribution in [1.82, 2.24) is 10.2 Å². The summed E-state index contributed by atoms with van der Waals surface area (Å²) in [5.74, 6) is 0.442. The van der Waals surface area contributed by atoms with Crippen LogP contribution >= 0.6 is 0 Å². The molecule has 2 fully saturated rings. The van der Waals surface area contributed by atoms with Crippen molar-refractivity contribution >= 4 is 5.91 Å². The number of likely N-dealkylation sites (N-methyl/N-ethyl adjacent to an activating group) is 1. The zero-order valence-electron chi connectivity index (χ0n) is 11.3. The summed E-state index contributed by atoms with van der Waals surface area (Å²) in [6.07, 6.45) is 8.08. The van der Waals surface area contributed by atoms with Crippen LogP contribution in [-0.2, 0) is 4.79 Å². The molecule has 1 heterocycles. The van der Waals surface area contributed by atoms with Gasteiger partial charge >= 0.3 is 0 Å². The van der Waals surface area contributed by atoms with E-state index in [9.17, 15) is 4.79 Å². The number of amides is 1. The molecule has 0 aromatic carbocycles. The van der Waals surface area contributed by atoms with Crippen LogP contribution in [0.5, 0.6) is 0 Å². The molecule has 0 radical (unpaired) electrons. The van der Waals surface area contributed by atoms with Gasteiger partial charge in [-0.3, -0.25) is 4.79 Å². The second kappa shape index (κ2) is 5.38. The molecule has 3 heteroatoms. The second-order valence-corrected chi connectivity index (χ2v) is 5.72. The Morgan fingerprint density at radius 2 is 2.06 bits per heavy atom. The average Bonchev–Trinajstić information content (AvgIpc) is 2.88. The summed E-state index contributed by atoms with van der Waals surface area (Å²) in [6, 6.07) is 0.503. The number of rotatable bonds is 3. The monoisotopic (exact) mass is 238 g/mol. The summed E-state index contributed by atoms with van der Waals surface area (Å²) in [5.41, 5.74) is -0.00433. The van der Waals surface area contributed by atoms with E-state index in [1.165, 1.54) is 19.3 Å². The fourth-order valence-electron chi connectivity index (χ4n) is 3.50. The molecule has 0 bridgehead atoms. The highest BCUT2D eigenvalue weighted by Gasteiger charge is 2.42. The molecule has 17 heavy (non-hydrogen) atoms. The van der Waals surface area contributed by atoms with Crippen molar-refractivity contribution in [2.24, 2.45) is 5.41 Å². The SMILES string of the molecule is CCC1(C(=O)N2CCCC(NC)C2)CCCC1. The van der Waals surface area contributed by atoms with Crippen molar-refractivity contribution < 1.29 is 4.79 Å². The number of carbonyl (C=O) groups excluding carboxylic acids is 1. The Balaban J connectivity index is 2.03. The van der Waals surface area contributed by atoms with Crippen LogP contribution in [-0.4, -0.2) is 37.0 Å². The quantitative estimate of drug-likeness (QED) is 0.817. The molecule has 1 saturated heterocycles. The molecular formula is C14H26N2O. The minimum Gasteiger partial charge on any atom is -0.341 e. The maximum Gasteiger partial charge on any atom is 0.228 e. The number of piperidine rings is 1. The zero-order valence-corrected chi connectivity index (χ0v) is 11.3. The molecule has 1 saturated carbocycles. The van der Waals surface area contributed by atoms with Crippen LogP contribution < -0.4 is 5.32 Å². The van der Waals surface area contributed by atoms with E-state index in [0.29, 0.717) is 11.9 Å². The standard InChI is InChI=1S/C14H26N2O/c1-3-14(8-4-5-9-14)13(17)16-10-6-7-12(11-16)15-2/h12,15H,3-11H2,1-2H3. The number of likely N-dealkylation sites (tertiary alicyclic amines) is 1. The Kier molecular flexibility index (Phi) is 4.08. The molecule has 1 aliphatic heterocycles. The zero-order chi connectivity index (χ0) is 12.3. The summed E-state index contributed by atoms with van der Waals surface area (Å²) < 4.78 is 0. The van der Waals surface area contributed by atoms with Crippen LogP contribution in [0.1, 0.15) is 51.9 Å². The second-order valence-electron chi connectivity index (χ2n) is 5.72. The Labute approximate surface area is 105 Å². The lowest BCUT2D eigenvalue weighted by atomic mass is 9.81. The van der Waals surface area contributed by atoms with Crippen molar-refractivity contribution in [3.8, 4) is 0 Å². The molecular weight excluding hydrogens is 212 g/mol. The molecule has 0 aromatic heterocycles. The van der Waals surface area contributed by atoms with Gasteiger partial charge in [-0.25, -0.2) is 0 Å². The molecule has 1 unspecified atom stereocenters. The van der Waals surface area contributed by atoms with Gasteiger partial charge in [-0.15, -0.1) is 0 Å². The van der Waals surface area contributed by atoms with Gasteiger partial charge in [-0.1, -0.05) is 19.8 Å². The van der Waals surface area contributed by atoms with Crippen molar-refractivity contribution in [3.63, 3.8) is 0 Å². The third-order valence-electron chi connectivity index (χ3n) is 4.81. The Morgan fingerprint density at radius 3 is 2.65 bits per heavy atom. The highest BCUT2D eigenvalue weighted by atomic mass is 16.2. The minimum atomic E-state index is -0.00433. The molecule has 0 aromatic rings. The highest BCUT2D eigenvalue weighted by Crippen LogP contribution is 2.42. The van der Waals surface area contributed by atoms with Crippen molar-refractivity contribution in [2.75, 3.05) is 20.1 Å². The van der Waals surface area contributed by atoms with Gasteiger partial charge in [-0.2, -0.15) is 0 Å². The molecule has 3 nitrogen and oxygen atoms in total. The van der Waals surface area contributed by atoms with Crippen LogP contribution in [0.25, 0.3) is 0 Å². The van der Waals surface area contributed by atoms with E-state index in [1.54, 1.807) is 0 Å². The van der Waals surface area contributed by atoms with Crippen molar-refractivity contribution in [1.29, 1.82) is 0 Å². The summed E-state index contributed by atoms with van der Waals surface area (Å²) in [7, 11) is 2.00. The predicted molar refractivity (Wildman–Crippen MR) is 69.9 cm³/mol. The Bertz CT molecular complexity index is 271. The first kappa shape index (κ1) is 12.9. The highest BCUT2D eigenvalue weighted by molar-refractivity contribution is 5.83. The molecule has 98 valence electrons. The van der Waals surface area contributed by atoms with E-state index in [-0.39, 0.29) is 5.41 Å². The van der Waals surface area contributed by atoms with E-state index in [1.807, 2.05) is 7.05 Å². The fourth-order valence-corrected chi connectivity index (χ4v) is 3.50. The van der Waals surface area contributed by atoms with Crippen molar-refractivity contribution in [3.05, 3.63) is 0 Å². The van der Waals surface area contributed by atoms with Gasteiger partial charge in [0.25, 0.3) is 0 Å². The average molecular weight is 238 g/mol. The first-order chi connectivity index (χ1) is 8.22. The van der Waals surface area contributed by atoms with Crippen LogP contribution in [0.2, 0.25) is 0 Å². The summed E-state index contributed by atoms with van der Waals surface area (Å²) >= 11 is 0. The van der Waals surface area contributed by atoms with Gasteiger partial charge in [0.05, 0.1) is 0 Å². The topological polar surface area (TPSA) is 32.3 Å². The molecule has 1 N–H and O–H groups in total. The van der Waals surface area contributed by atoms with Gasteiger partial charge in [-0.05, 0) is 39.2 Å². The van der Waals surface area contributed by atoms with E-state index in [4.69, 9.17) is 0 Å². The van der Waals surface area contributed by atoms with Gasteiger partial charge in [0.15, 0.2) is 0 Å². The van der Waals surface area contributed by atoms with Crippen LogP contribution in [0.3, 0.4) is 0 Å². The lowest BCUT2D eigenvalue weighted by Crippen LogP contribution is -2.51. The van der Waals surface area contributed by atoms with Crippen LogP contribution in [0.4, 0.5) is 0 Å². The number of nitrogens with zero attached hydrogens (tertiary/aromatic N) is 1. The first-order valence-electron chi connectivity index (χ1n) is 7.18. The normalized spacial score (nSPS) is 28.4. The Hall–Kier alpha value is -0.570. The van der Waals surface area contributed by atoms with Gasteiger partial charge in [0.2, 0.25) is 5.91 Å². The minimum absolute atomic E-state index is 0.00433. The van der Waals surface area contributed by atoms with Crippen LogP contribution in [0.15, 0.2) is 0 Å². The number of hydrogen-bond acceptors (Lipinski definition) is 2. The maximum absolute atomic E-state index is 12.7. The lowest BCUT2D eigenvalue weighted by Gasteiger charge is -2.38. The third-order valence-corrected chi connectivity index (χ3v) is 4.81. The predicted octanol–water partition coefficient (Wildman–Crippen LogP) is 2.17. The number of hydrogen-bond donors (Lipinski definition) is 1. The largest absolute Gasteiger partial charge is 0.341 e. The van der Waals surface area contributed by atoms with Crippen LogP contribution in [0, 0.1) is 5.41 Å². The fraction of sp³-hybridized carbons (Fsp3) is 0.929. The summed E-state index contributed by atoms with van der Waals surface area (Å²) in [5, 5.41) is 3.32. The molecule has 0 spiro atoms. The van der Waals surface area contributed by atoms with Gasteiger partial charge in [0.1, 0.15) is 0 Å². The molecule has 1 amide bonds. The van der Waals surface area contributed by atoms with E-state index in [2.05, 4.69) is 17.1 Å². The van der Waals surface area contributed by atoms with Gasteiger partial charge < -0.3 is 10.2 Å². The lowest BCUT2D eigenvalue weighted by molar-refractivity contribution is -0.143. The number of carbonyl (C=O) groups is 1. The molecule has 2 rings (SSSR count).